The Hall–Kier alpha value is -1.62. The first kappa shape index (κ1) is 17.2. The lowest BCUT2D eigenvalue weighted by Gasteiger charge is -2.25. The number of carboxylic acid groups (broad SMARTS) is 1. The molecular weight excluding hydrogens is 322 g/mol. The van der Waals surface area contributed by atoms with Crippen molar-refractivity contribution in [3.8, 4) is 0 Å². The molecule has 5 heteroatoms. The van der Waals surface area contributed by atoms with Crippen molar-refractivity contribution >= 4 is 34.5 Å². The highest BCUT2D eigenvalue weighted by Crippen LogP contribution is 2.37. The van der Waals surface area contributed by atoms with E-state index in [-0.39, 0.29) is 16.7 Å². The van der Waals surface area contributed by atoms with Gasteiger partial charge in [-0.2, -0.15) is 0 Å². The molecule has 1 amide bonds. The van der Waals surface area contributed by atoms with Gasteiger partial charge >= 0.3 is 5.97 Å². The monoisotopic (exact) mass is 347 g/mol. The third-order valence-electron chi connectivity index (χ3n) is 5.18. The SMILES string of the molecule is CC1CCC(C(=O)Nc2cc(C3=CCCCC3)sc2C(=O)O)CC1. The maximum atomic E-state index is 12.5. The van der Waals surface area contributed by atoms with Crippen molar-refractivity contribution in [3.63, 3.8) is 0 Å². The molecule has 2 aliphatic rings. The van der Waals surface area contributed by atoms with E-state index in [2.05, 4.69) is 18.3 Å². The van der Waals surface area contributed by atoms with Crippen LogP contribution >= 0.6 is 11.3 Å². The molecule has 3 rings (SSSR count). The van der Waals surface area contributed by atoms with Crippen molar-refractivity contribution in [2.24, 2.45) is 11.8 Å². The van der Waals surface area contributed by atoms with Gasteiger partial charge in [0.05, 0.1) is 5.69 Å². The number of rotatable bonds is 4. The van der Waals surface area contributed by atoms with Crippen LogP contribution in [0.25, 0.3) is 5.57 Å². The summed E-state index contributed by atoms with van der Waals surface area (Å²) >= 11 is 1.28. The zero-order chi connectivity index (χ0) is 17.1. The summed E-state index contributed by atoms with van der Waals surface area (Å²) in [4.78, 5) is 25.3. The van der Waals surface area contributed by atoms with Crippen LogP contribution in [0.5, 0.6) is 0 Å². The van der Waals surface area contributed by atoms with Gasteiger partial charge in [-0.15, -0.1) is 11.3 Å². The Morgan fingerprint density at radius 1 is 1.21 bits per heavy atom. The van der Waals surface area contributed by atoms with Gasteiger partial charge in [-0.1, -0.05) is 13.0 Å². The molecule has 0 radical (unpaired) electrons. The molecule has 2 aliphatic carbocycles. The third kappa shape index (κ3) is 3.89. The van der Waals surface area contributed by atoms with Crippen molar-refractivity contribution in [3.05, 3.63) is 21.9 Å². The molecule has 0 unspecified atom stereocenters. The lowest BCUT2D eigenvalue weighted by atomic mass is 9.82. The smallest absolute Gasteiger partial charge is 0.348 e. The fraction of sp³-hybridized carbons (Fsp3) is 0.579. The van der Waals surface area contributed by atoms with E-state index in [0.717, 1.165) is 49.8 Å². The van der Waals surface area contributed by atoms with E-state index >= 15 is 0 Å². The number of hydrogen-bond donors (Lipinski definition) is 2. The van der Waals surface area contributed by atoms with E-state index in [1.807, 2.05) is 6.07 Å². The van der Waals surface area contributed by atoms with Gasteiger partial charge < -0.3 is 10.4 Å². The highest BCUT2D eigenvalue weighted by molar-refractivity contribution is 7.15. The number of aromatic carboxylic acids is 1. The minimum absolute atomic E-state index is 0.0140. The van der Waals surface area contributed by atoms with Gasteiger partial charge in [0.25, 0.3) is 0 Å². The summed E-state index contributed by atoms with van der Waals surface area (Å²) in [6.07, 6.45) is 10.5. The average molecular weight is 347 g/mol. The Kier molecular flexibility index (Phi) is 5.39. The minimum Gasteiger partial charge on any atom is -0.477 e. The second kappa shape index (κ2) is 7.51. The number of allylic oxidation sites excluding steroid dienone is 2. The lowest BCUT2D eigenvalue weighted by molar-refractivity contribution is -0.121. The number of amides is 1. The molecule has 0 spiro atoms. The summed E-state index contributed by atoms with van der Waals surface area (Å²) in [6.45, 7) is 2.22. The van der Waals surface area contributed by atoms with Gasteiger partial charge in [0.2, 0.25) is 5.91 Å². The molecule has 130 valence electrons. The molecule has 1 saturated carbocycles. The fourth-order valence-corrected chi connectivity index (χ4v) is 4.64. The van der Waals surface area contributed by atoms with E-state index in [1.165, 1.54) is 23.3 Å². The topological polar surface area (TPSA) is 66.4 Å². The highest BCUT2D eigenvalue weighted by Gasteiger charge is 2.26. The van der Waals surface area contributed by atoms with Gasteiger partial charge in [-0.3, -0.25) is 4.79 Å². The summed E-state index contributed by atoms with van der Waals surface area (Å²) < 4.78 is 0. The predicted molar refractivity (Wildman–Crippen MR) is 97.5 cm³/mol. The number of hydrogen-bond acceptors (Lipinski definition) is 3. The Morgan fingerprint density at radius 3 is 2.58 bits per heavy atom. The lowest BCUT2D eigenvalue weighted by Crippen LogP contribution is -2.27. The van der Waals surface area contributed by atoms with E-state index in [4.69, 9.17) is 0 Å². The minimum atomic E-state index is -0.963. The molecule has 1 aromatic heterocycles. The highest BCUT2D eigenvalue weighted by atomic mass is 32.1. The molecule has 1 aromatic rings. The Morgan fingerprint density at radius 2 is 1.96 bits per heavy atom. The van der Waals surface area contributed by atoms with Gasteiger partial charge in [-0.05, 0) is 68.9 Å². The zero-order valence-electron chi connectivity index (χ0n) is 14.1. The average Bonchev–Trinajstić information content (AvgIpc) is 3.00. The van der Waals surface area contributed by atoms with Crippen molar-refractivity contribution in [1.82, 2.24) is 0 Å². The van der Waals surface area contributed by atoms with Crippen LogP contribution in [-0.4, -0.2) is 17.0 Å². The molecule has 4 nitrogen and oxygen atoms in total. The van der Waals surface area contributed by atoms with Crippen LogP contribution < -0.4 is 5.32 Å². The first-order chi connectivity index (χ1) is 11.5. The summed E-state index contributed by atoms with van der Waals surface area (Å²) in [6, 6.07) is 1.86. The molecule has 0 atom stereocenters. The Labute approximate surface area is 147 Å². The van der Waals surface area contributed by atoms with E-state index in [0.29, 0.717) is 11.6 Å². The summed E-state index contributed by atoms with van der Waals surface area (Å²) in [5.41, 5.74) is 1.69. The molecule has 1 fully saturated rings. The number of thiophene rings is 1. The third-order valence-corrected chi connectivity index (χ3v) is 6.38. The molecule has 2 N–H and O–H groups in total. The molecular formula is C19H25NO3S. The second-order valence-electron chi connectivity index (χ2n) is 7.08. The fourth-order valence-electron chi connectivity index (χ4n) is 3.62. The van der Waals surface area contributed by atoms with Crippen molar-refractivity contribution < 1.29 is 14.7 Å². The van der Waals surface area contributed by atoms with Gasteiger partial charge in [0.15, 0.2) is 0 Å². The number of carboxylic acids is 1. The summed E-state index contributed by atoms with van der Waals surface area (Å²) in [5, 5.41) is 12.4. The molecule has 0 aromatic carbocycles. The van der Waals surface area contributed by atoms with E-state index in [1.54, 1.807) is 0 Å². The Bertz CT molecular complexity index is 654. The molecule has 1 heterocycles. The second-order valence-corrected chi connectivity index (χ2v) is 8.13. The number of anilines is 1. The first-order valence-corrected chi connectivity index (χ1v) is 9.73. The molecule has 0 bridgehead atoms. The van der Waals surface area contributed by atoms with Crippen LogP contribution in [0.3, 0.4) is 0 Å². The van der Waals surface area contributed by atoms with Crippen molar-refractivity contribution in [2.75, 3.05) is 5.32 Å². The first-order valence-electron chi connectivity index (χ1n) is 8.92. The van der Waals surface area contributed by atoms with Gasteiger partial charge in [-0.25, -0.2) is 4.79 Å². The standard InChI is InChI=1S/C19H25NO3S/c1-12-7-9-14(10-8-12)18(21)20-15-11-16(24-17(15)19(22)23)13-5-3-2-4-6-13/h5,11-12,14H,2-4,6-10H2,1H3,(H,20,21)(H,22,23). The summed E-state index contributed by atoms with van der Waals surface area (Å²) in [7, 11) is 0. The maximum absolute atomic E-state index is 12.5. The summed E-state index contributed by atoms with van der Waals surface area (Å²) in [5.74, 6) is -0.281. The number of carbonyl (C=O) groups excluding carboxylic acids is 1. The van der Waals surface area contributed by atoms with Gasteiger partial charge in [0.1, 0.15) is 4.88 Å². The van der Waals surface area contributed by atoms with E-state index < -0.39 is 5.97 Å². The van der Waals surface area contributed by atoms with Crippen molar-refractivity contribution in [1.29, 1.82) is 0 Å². The van der Waals surface area contributed by atoms with Crippen LogP contribution in [0.1, 0.15) is 72.8 Å². The van der Waals surface area contributed by atoms with Gasteiger partial charge in [0, 0.05) is 10.8 Å². The van der Waals surface area contributed by atoms with Crippen LogP contribution in [0.15, 0.2) is 12.1 Å². The van der Waals surface area contributed by atoms with Crippen molar-refractivity contribution in [2.45, 2.75) is 58.3 Å². The van der Waals surface area contributed by atoms with Crippen LogP contribution in [0, 0.1) is 11.8 Å². The zero-order valence-corrected chi connectivity index (χ0v) is 15.0. The molecule has 24 heavy (non-hydrogen) atoms. The Balaban J connectivity index is 1.76. The quantitative estimate of drug-likeness (QED) is 0.790. The van der Waals surface area contributed by atoms with Crippen LogP contribution in [0.2, 0.25) is 0 Å². The number of carbonyl (C=O) groups is 2. The van der Waals surface area contributed by atoms with Crippen LogP contribution in [0.4, 0.5) is 5.69 Å². The van der Waals surface area contributed by atoms with E-state index in [9.17, 15) is 14.7 Å². The number of nitrogens with one attached hydrogen (secondary N) is 1. The normalized spacial score (nSPS) is 24.3. The predicted octanol–water partition coefficient (Wildman–Crippen LogP) is 5.17. The molecule has 0 aliphatic heterocycles. The van der Waals surface area contributed by atoms with Crippen LogP contribution in [-0.2, 0) is 4.79 Å². The molecule has 0 saturated heterocycles. The largest absolute Gasteiger partial charge is 0.477 e. The maximum Gasteiger partial charge on any atom is 0.348 e.